The van der Waals surface area contributed by atoms with E-state index in [-0.39, 0.29) is 29.0 Å². The van der Waals surface area contributed by atoms with Crippen LogP contribution in [0.5, 0.6) is 0 Å². The number of nitrogens with zero attached hydrogens (tertiary/aromatic N) is 4. The van der Waals surface area contributed by atoms with Crippen LogP contribution in [0.3, 0.4) is 0 Å². The maximum atomic E-state index is 13.7. The molecule has 0 aliphatic carbocycles. The van der Waals surface area contributed by atoms with Crippen molar-refractivity contribution < 1.29 is 17.7 Å². The van der Waals surface area contributed by atoms with Crippen molar-refractivity contribution in [2.24, 2.45) is 5.92 Å². The molecule has 1 amide bonds. The zero-order valence-corrected chi connectivity index (χ0v) is 22.0. The molecule has 35 heavy (non-hydrogen) atoms. The number of piperazine rings is 1. The Balaban J connectivity index is 1.52. The summed E-state index contributed by atoms with van der Waals surface area (Å²) < 4.78 is 34.3. The zero-order chi connectivity index (χ0) is 25.2. The summed E-state index contributed by atoms with van der Waals surface area (Å²) in [5, 5.41) is 3.96. The Morgan fingerprint density at radius 3 is 2.57 bits per heavy atom. The lowest BCUT2D eigenvalue weighted by Crippen LogP contribution is -2.52. The number of amides is 1. The van der Waals surface area contributed by atoms with Crippen LogP contribution in [-0.4, -0.2) is 79.4 Å². The van der Waals surface area contributed by atoms with Gasteiger partial charge in [-0.1, -0.05) is 41.9 Å². The number of aryl methyl sites for hydroxylation is 3. The predicted octanol–water partition coefficient (Wildman–Crippen LogP) is 3.34. The molecule has 2 saturated heterocycles. The smallest absolute Gasteiger partial charge is 0.248 e. The first kappa shape index (κ1) is 25.6. The van der Waals surface area contributed by atoms with Crippen molar-refractivity contribution in [1.29, 1.82) is 0 Å². The number of likely N-dealkylation sites (N-methyl/N-ethyl adjacent to an activating group) is 1. The van der Waals surface area contributed by atoms with Crippen LogP contribution < -0.4 is 0 Å². The van der Waals surface area contributed by atoms with E-state index < -0.39 is 10.0 Å². The van der Waals surface area contributed by atoms with Gasteiger partial charge in [0.2, 0.25) is 15.9 Å². The number of rotatable bonds is 6. The molecule has 2 aromatic rings. The minimum absolute atomic E-state index is 0.0673. The van der Waals surface area contributed by atoms with Gasteiger partial charge in [0.05, 0.1) is 5.92 Å². The van der Waals surface area contributed by atoms with Gasteiger partial charge in [-0.05, 0) is 57.4 Å². The van der Waals surface area contributed by atoms with Gasteiger partial charge in [0.15, 0.2) is 10.7 Å². The van der Waals surface area contributed by atoms with Crippen molar-refractivity contribution >= 4 is 28.1 Å². The fourth-order valence-electron chi connectivity index (χ4n) is 4.94. The van der Waals surface area contributed by atoms with Crippen LogP contribution in [0.4, 0.5) is 0 Å². The largest absolute Gasteiger partial charge is 0.355 e. The van der Waals surface area contributed by atoms with Crippen molar-refractivity contribution in [2.45, 2.75) is 45.4 Å². The quantitative estimate of drug-likeness (QED) is 0.605. The van der Waals surface area contributed by atoms with Crippen LogP contribution in [0.25, 0.3) is 12.2 Å². The number of carbonyl (C=O) groups excluding carboxylic acids is 1. The van der Waals surface area contributed by atoms with Crippen molar-refractivity contribution in [2.75, 3.05) is 45.8 Å². The monoisotopic (exact) mass is 500 g/mol. The summed E-state index contributed by atoms with van der Waals surface area (Å²) in [5.74, 6) is -0.0360. The average molecular weight is 501 g/mol. The number of benzene rings is 1. The molecule has 3 heterocycles. The molecule has 0 bridgehead atoms. The molecule has 0 spiro atoms. The maximum absolute atomic E-state index is 13.7. The third-order valence-corrected chi connectivity index (χ3v) is 9.17. The molecule has 190 valence electrons. The average Bonchev–Trinajstić information content (AvgIpc) is 3.25. The number of aromatic nitrogens is 1. The number of hydrogen-bond acceptors (Lipinski definition) is 6. The van der Waals surface area contributed by atoms with Gasteiger partial charge in [0.25, 0.3) is 0 Å². The van der Waals surface area contributed by atoms with Crippen molar-refractivity contribution in [3.8, 4) is 0 Å². The van der Waals surface area contributed by atoms with E-state index in [1.165, 1.54) is 4.31 Å². The van der Waals surface area contributed by atoms with Gasteiger partial charge in [-0.25, -0.2) is 8.42 Å². The van der Waals surface area contributed by atoms with E-state index in [9.17, 15) is 13.2 Å². The minimum Gasteiger partial charge on any atom is -0.355 e. The lowest BCUT2D eigenvalue weighted by Gasteiger charge is -2.38. The van der Waals surface area contributed by atoms with Crippen LogP contribution in [-0.2, 0) is 14.8 Å². The van der Waals surface area contributed by atoms with E-state index >= 15 is 0 Å². The maximum Gasteiger partial charge on any atom is 0.248 e. The Hall–Kier alpha value is -2.49. The normalized spacial score (nSPS) is 20.6. The predicted molar refractivity (Wildman–Crippen MR) is 136 cm³/mol. The van der Waals surface area contributed by atoms with Gasteiger partial charge in [-0.15, -0.1) is 0 Å². The molecule has 2 fully saturated rings. The Bertz CT molecular complexity index is 1200. The molecular formula is C26H36N4O4S. The van der Waals surface area contributed by atoms with Crippen molar-refractivity contribution in [1.82, 2.24) is 19.3 Å². The Morgan fingerprint density at radius 2 is 1.86 bits per heavy atom. The van der Waals surface area contributed by atoms with E-state index in [0.29, 0.717) is 38.2 Å². The summed E-state index contributed by atoms with van der Waals surface area (Å²) >= 11 is 0. The standard InChI is InChI=1S/C26H36N4O4S/c1-5-28-13-15-29(16-14-28)26(31)23-7-6-12-30(18-23)35(32,33)25-21(4)27-34-24(25)11-10-22-17-19(2)8-9-20(22)3/h8-11,17,23H,5-7,12-16,18H2,1-4H3/b11-10+/t23-/m0/s1. The first-order valence-corrected chi connectivity index (χ1v) is 13.9. The highest BCUT2D eigenvalue weighted by atomic mass is 32.2. The minimum atomic E-state index is -3.87. The molecule has 1 aromatic carbocycles. The summed E-state index contributed by atoms with van der Waals surface area (Å²) in [7, 11) is -3.87. The molecule has 1 aromatic heterocycles. The number of carbonyl (C=O) groups is 1. The van der Waals surface area contributed by atoms with Gasteiger partial charge >= 0.3 is 0 Å². The molecule has 4 rings (SSSR count). The van der Waals surface area contributed by atoms with Gasteiger partial charge in [-0.3, -0.25) is 4.79 Å². The third kappa shape index (κ3) is 5.52. The van der Waals surface area contributed by atoms with Gasteiger partial charge in [-0.2, -0.15) is 4.31 Å². The number of hydrogen-bond donors (Lipinski definition) is 0. The lowest BCUT2D eigenvalue weighted by molar-refractivity contribution is -0.138. The van der Waals surface area contributed by atoms with E-state index in [4.69, 9.17) is 4.52 Å². The van der Waals surface area contributed by atoms with Crippen molar-refractivity contribution in [3.63, 3.8) is 0 Å². The Morgan fingerprint density at radius 1 is 1.11 bits per heavy atom. The van der Waals surface area contributed by atoms with Gasteiger partial charge in [0, 0.05) is 39.3 Å². The Kier molecular flexibility index (Phi) is 7.78. The topological polar surface area (TPSA) is 87.0 Å². The van der Waals surface area contributed by atoms with E-state index in [1.54, 1.807) is 13.0 Å². The highest BCUT2D eigenvalue weighted by Crippen LogP contribution is 2.30. The van der Waals surface area contributed by atoms with Crippen LogP contribution in [0.2, 0.25) is 0 Å². The first-order valence-electron chi connectivity index (χ1n) is 12.4. The molecule has 2 aliphatic heterocycles. The van der Waals surface area contributed by atoms with Crippen LogP contribution in [0.1, 0.15) is 47.9 Å². The fourth-order valence-corrected chi connectivity index (χ4v) is 6.71. The summed E-state index contributed by atoms with van der Waals surface area (Å²) in [6.45, 7) is 12.5. The molecular weight excluding hydrogens is 464 g/mol. The van der Waals surface area contributed by atoms with E-state index in [1.807, 2.05) is 43.0 Å². The second-order valence-corrected chi connectivity index (χ2v) is 11.5. The number of piperidine rings is 1. The highest BCUT2D eigenvalue weighted by molar-refractivity contribution is 7.89. The zero-order valence-electron chi connectivity index (χ0n) is 21.2. The number of sulfonamides is 1. The third-order valence-electron chi connectivity index (χ3n) is 7.14. The summed E-state index contributed by atoms with van der Waals surface area (Å²) in [6, 6.07) is 6.12. The molecule has 1 atom stereocenters. The molecule has 2 aliphatic rings. The summed E-state index contributed by atoms with van der Waals surface area (Å²) in [4.78, 5) is 17.5. The molecule has 0 unspecified atom stereocenters. The van der Waals surface area contributed by atoms with Crippen LogP contribution in [0, 0.1) is 26.7 Å². The molecule has 0 N–H and O–H groups in total. The summed E-state index contributed by atoms with van der Waals surface area (Å²) in [6.07, 6.45) is 4.90. The van der Waals surface area contributed by atoms with Crippen LogP contribution >= 0.6 is 0 Å². The SMILES string of the molecule is CCN1CCN(C(=O)[C@H]2CCCN(S(=O)(=O)c3c(C)noc3/C=C/c3cc(C)ccc3C)C2)CC1. The van der Waals surface area contributed by atoms with E-state index in [2.05, 4.69) is 17.0 Å². The molecule has 9 heteroatoms. The van der Waals surface area contributed by atoms with Gasteiger partial charge in [0.1, 0.15) is 5.69 Å². The van der Waals surface area contributed by atoms with Crippen molar-refractivity contribution in [3.05, 3.63) is 46.3 Å². The van der Waals surface area contributed by atoms with Gasteiger partial charge < -0.3 is 14.3 Å². The first-order chi connectivity index (χ1) is 16.7. The molecule has 8 nitrogen and oxygen atoms in total. The highest BCUT2D eigenvalue weighted by Gasteiger charge is 2.38. The Labute approximate surface area is 208 Å². The van der Waals surface area contributed by atoms with Crippen LogP contribution in [0.15, 0.2) is 27.6 Å². The van der Waals surface area contributed by atoms with E-state index in [0.717, 1.165) is 36.3 Å². The fraction of sp³-hybridized carbons (Fsp3) is 0.538. The second kappa shape index (κ2) is 10.6. The molecule has 0 radical (unpaired) electrons. The molecule has 0 saturated carbocycles. The lowest BCUT2D eigenvalue weighted by atomic mass is 9.98. The second-order valence-electron chi connectivity index (χ2n) is 9.62. The summed E-state index contributed by atoms with van der Waals surface area (Å²) in [5.41, 5.74) is 3.53.